The van der Waals surface area contributed by atoms with Crippen LogP contribution in [0.3, 0.4) is 0 Å². The second kappa shape index (κ2) is 7.09. The van der Waals surface area contributed by atoms with Crippen LogP contribution in [0.25, 0.3) is 0 Å². The monoisotopic (exact) mass is 356 g/mol. The zero-order valence-corrected chi connectivity index (χ0v) is 15.2. The van der Waals surface area contributed by atoms with Crippen molar-refractivity contribution in [3.05, 3.63) is 29.3 Å². The van der Waals surface area contributed by atoms with Crippen LogP contribution in [0, 0.1) is 5.92 Å². The summed E-state index contributed by atoms with van der Waals surface area (Å²) in [6.45, 7) is 5.16. The van der Waals surface area contributed by atoms with Gasteiger partial charge in [-0.15, -0.1) is 0 Å². The lowest BCUT2D eigenvalue weighted by molar-refractivity contribution is 0.0967. The van der Waals surface area contributed by atoms with Crippen molar-refractivity contribution in [2.75, 3.05) is 26.2 Å². The smallest absolute Gasteiger partial charge is 0.243 e. The Morgan fingerprint density at radius 1 is 1.04 bits per heavy atom. The molecule has 1 aliphatic heterocycles. The predicted molar refractivity (Wildman–Crippen MR) is 93.2 cm³/mol. The van der Waals surface area contributed by atoms with Gasteiger partial charge in [0.15, 0.2) is 0 Å². The summed E-state index contributed by atoms with van der Waals surface area (Å²) in [6.07, 6.45) is 5.15. The van der Waals surface area contributed by atoms with E-state index in [2.05, 4.69) is 11.8 Å². The van der Waals surface area contributed by atoms with E-state index in [-0.39, 0.29) is 0 Å². The Kier molecular flexibility index (Phi) is 5.31. The summed E-state index contributed by atoms with van der Waals surface area (Å²) in [5.41, 5.74) is 0. The SMILES string of the molecule is C[C@@H]1CCC[C@@H](N2CCN(S(=O)(=O)c3ccc(Cl)cc3)CC2)C1. The predicted octanol–water partition coefficient (Wildman–Crippen LogP) is 3.23. The van der Waals surface area contributed by atoms with Crippen LogP contribution in [-0.2, 0) is 10.0 Å². The minimum absolute atomic E-state index is 0.335. The molecule has 0 bridgehead atoms. The molecule has 1 aromatic carbocycles. The minimum atomic E-state index is -3.40. The van der Waals surface area contributed by atoms with E-state index in [0.717, 1.165) is 19.0 Å². The van der Waals surface area contributed by atoms with E-state index >= 15 is 0 Å². The quantitative estimate of drug-likeness (QED) is 0.834. The molecule has 0 amide bonds. The van der Waals surface area contributed by atoms with E-state index in [1.54, 1.807) is 28.6 Å². The molecule has 23 heavy (non-hydrogen) atoms. The molecule has 0 aromatic heterocycles. The first-order valence-electron chi connectivity index (χ1n) is 8.46. The van der Waals surface area contributed by atoms with E-state index in [9.17, 15) is 8.42 Å². The molecule has 3 rings (SSSR count). The Morgan fingerprint density at radius 3 is 2.30 bits per heavy atom. The molecule has 4 nitrogen and oxygen atoms in total. The lowest BCUT2D eigenvalue weighted by atomic mass is 9.86. The van der Waals surface area contributed by atoms with Crippen molar-refractivity contribution in [1.29, 1.82) is 0 Å². The van der Waals surface area contributed by atoms with Crippen molar-refractivity contribution in [1.82, 2.24) is 9.21 Å². The van der Waals surface area contributed by atoms with Gasteiger partial charge in [0.2, 0.25) is 10.0 Å². The topological polar surface area (TPSA) is 40.6 Å². The van der Waals surface area contributed by atoms with Gasteiger partial charge >= 0.3 is 0 Å². The minimum Gasteiger partial charge on any atom is -0.298 e. The van der Waals surface area contributed by atoms with Gasteiger partial charge in [-0.3, -0.25) is 4.90 Å². The molecule has 6 heteroatoms. The van der Waals surface area contributed by atoms with Gasteiger partial charge in [-0.25, -0.2) is 8.42 Å². The Balaban J connectivity index is 1.63. The molecule has 1 aliphatic carbocycles. The molecule has 2 atom stereocenters. The maximum atomic E-state index is 12.7. The van der Waals surface area contributed by atoms with Gasteiger partial charge in [0.1, 0.15) is 0 Å². The maximum absolute atomic E-state index is 12.7. The van der Waals surface area contributed by atoms with E-state index in [1.807, 2.05) is 0 Å². The van der Waals surface area contributed by atoms with Gasteiger partial charge in [-0.2, -0.15) is 4.31 Å². The summed E-state index contributed by atoms with van der Waals surface area (Å²) < 4.78 is 27.0. The van der Waals surface area contributed by atoms with E-state index in [4.69, 9.17) is 11.6 Å². The molecule has 1 heterocycles. The van der Waals surface area contributed by atoms with Crippen LogP contribution in [-0.4, -0.2) is 49.8 Å². The first kappa shape index (κ1) is 17.2. The first-order valence-corrected chi connectivity index (χ1v) is 10.3. The second-order valence-electron chi connectivity index (χ2n) is 6.82. The largest absolute Gasteiger partial charge is 0.298 e. The van der Waals surface area contributed by atoms with Gasteiger partial charge in [-0.1, -0.05) is 31.4 Å². The molecular formula is C17H25ClN2O2S. The van der Waals surface area contributed by atoms with E-state index in [0.29, 0.717) is 29.0 Å². The Hall–Kier alpha value is -0.620. The number of hydrogen-bond donors (Lipinski definition) is 0. The summed E-state index contributed by atoms with van der Waals surface area (Å²) in [6, 6.07) is 7.08. The number of benzene rings is 1. The highest BCUT2D eigenvalue weighted by Gasteiger charge is 2.32. The lowest BCUT2D eigenvalue weighted by Gasteiger charge is -2.41. The van der Waals surface area contributed by atoms with Crippen molar-refractivity contribution in [2.24, 2.45) is 5.92 Å². The molecule has 1 aromatic rings. The number of halogens is 1. The molecule has 128 valence electrons. The zero-order valence-electron chi connectivity index (χ0n) is 13.6. The average Bonchev–Trinajstić information content (AvgIpc) is 2.55. The summed E-state index contributed by atoms with van der Waals surface area (Å²) >= 11 is 5.85. The van der Waals surface area contributed by atoms with Crippen molar-refractivity contribution in [3.63, 3.8) is 0 Å². The van der Waals surface area contributed by atoms with Crippen molar-refractivity contribution < 1.29 is 8.42 Å². The summed E-state index contributed by atoms with van der Waals surface area (Å²) in [7, 11) is -3.40. The molecule has 0 spiro atoms. The highest BCUT2D eigenvalue weighted by molar-refractivity contribution is 7.89. The third-order valence-electron chi connectivity index (χ3n) is 5.15. The van der Waals surface area contributed by atoms with Gasteiger partial charge in [0.25, 0.3) is 0 Å². The Morgan fingerprint density at radius 2 is 1.70 bits per heavy atom. The van der Waals surface area contributed by atoms with Crippen molar-refractivity contribution in [3.8, 4) is 0 Å². The molecule has 1 saturated carbocycles. The highest BCUT2D eigenvalue weighted by atomic mass is 35.5. The fourth-order valence-corrected chi connectivity index (χ4v) is 5.35. The standard InChI is InChI=1S/C17H25ClN2O2S/c1-14-3-2-4-16(13-14)19-9-11-20(12-10-19)23(21,22)17-7-5-15(18)6-8-17/h5-8,14,16H,2-4,9-13H2,1H3/t14-,16-/m1/s1. The summed E-state index contributed by atoms with van der Waals surface area (Å²) in [4.78, 5) is 2.82. The van der Waals surface area contributed by atoms with Crippen molar-refractivity contribution in [2.45, 2.75) is 43.5 Å². The third-order valence-corrected chi connectivity index (χ3v) is 7.31. The van der Waals surface area contributed by atoms with Crippen LogP contribution < -0.4 is 0 Å². The molecule has 1 saturated heterocycles. The van der Waals surface area contributed by atoms with E-state index in [1.165, 1.54) is 25.7 Å². The maximum Gasteiger partial charge on any atom is 0.243 e. The van der Waals surface area contributed by atoms with Gasteiger partial charge in [0, 0.05) is 37.2 Å². The highest BCUT2D eigenvalue weighted by Crippen LogP contribution is 2.28. The second-order valence-corrected chi connectivity index (χ2v) is 9.19. The molecule has 0 unspecified atom stereocenters. The summed E-state index contributed by atoms with van der Waals surface area (Å²) in [5, 5.41) is 0.556. The molecule has 2 aliphatic rings. The lowest BCUT2D eigenvalue weighted by Crippen LogP contribution is -2.52. The third kappa shape index (κ3) is 3.90. The van der Waals surface area contributed by atoms with Gasteiger partial charge < -0.3 is 0 Å². The van der Waals surface area contributed by atoms with Crippen LogP contribution in [0.5, 0.6) is 0 Å². The molecule has 0 radical (unpaired) electrons. The number of sulfonamides is 1. The fraction of sp³-hybridized carbons (Fsp3) is 0.647. The Labute approximate surface area is 144 Å². The summed E-state index contributed by atoms with van der Waals surface area (Å²) in [5.74, 6) is 0.796. The zero-order chi connectivity index (χ0) is 16.4. The van der Waals surface area contributed by atoms with Crippen molar-refractivity contribution >= 4 is 21.6 Å². The first-order chi connectivity index (χ1) is 11.0. The van der Waals surface area contributed by atoms with Gasteiger partial charge in [0.05, 0.1) is 4.90 Å². The number of hydrogen-bond acceptors (Lipinski definition) is 3. The number of nitrogens with zero attached hydrogens (tertiary/aromatic N) is 2. The normalized spacial score (nSPS) is 27.9. The van der Waals surface area contributed by atoms with Gasteiger partial charge in [-0.05, 0) is 43.0 Å². The van der Waals surface area contributed by atoms with Crippen LogP contribution in [0.15, 0.2) is 29.2 Å². The van der Waals surface area contributed by atoms with Crippen LogP contribution >= 0.6 is 11.6 Å². The Bertz CT molecular complexity index is 624. The molecular weight excluding hydrogens is 332 g/mol. The number of piperazine rings is 1. The van der Waals surface area contributed by atoms with Crippen LogP contribution in [0.2, 0.25) is 5.02 Å². The molecule has 2 fully saturated rings. The van der Waals surface area contributed by atoms with E-state index < -0.39 is 10.0 Å². The fourth-order valence-electron chi connectivity index (χ4n) is 3.80. The number of rotatable bonds is 3. The van der Waals surface area contributed by atoms with Crippen LogP contribution in [0.4, 0.5) is 0 Å². The average molecular weight is 357 g/mol. The molecule has 0 N–H and O–H groups in total. The van der Waals surface area contributed by atoms with Crippen LogP contribution in [0.1, 0.15) is 32.6 Å².